The molecule has 0 aliphatic heterocycles. The quantitative estimate of drug-likeness (QED) is 0.908. The van der Waals surface area contributed by atoms with Crippen molar-refractivity contribution in [3.8, 4) is 0 Å². The molecule has 0 saturated carbocycles. The minimum atomic E-state index is -4.64. The summed E-state index contributed by atoms with van der Waals surface area (Å²) in [7, 11) is -4.64. The van der Waals surface area contributed by atoms with Crippen LogP contribution in [0.1, 0.15) is 23.5 Å². The van der Waals surface area contributed by atoms with Crippen LogP contribution in [0.25, 0.3) is 0 Å². The Balaban J connectivity index is 2.36. The summed E-state index contributed by atoms with van der Waals surface area (Å²) in [4.78, 5) is 4.65. The van der Waals surface area contributed by atoms with Crippen LogP contribution < -0.4 is 5.32 Å². The highest BCUT2D eigenvalue weighted by molar-refractivity contribution is 7.91. The van der Waals surface area contributed by atoms with Crippen LogP contribution in [0.5, 0.6) is 0 Å². The maximum absolute atomic E-state index is 12.7. The van der Waals surface area contributed by atoms with Crippen molar-refractivity contribution < 1.29 is 17.2 Å². The molecule has 1 N–H and O–H groups in total. The van der Waals surface area contributed by atoms with Gasteiger partial charge in [0, 0.05) is 4.88 Å². The number of hydrogen-bond donors (Lipinski definition) is 1. The first-order chi connectivity index (χ1) is 9.84. The van der Waals surface area contributed by atoms with E-state index in [0.29, 0.717) is 0 Å². The van der Waals surface area contributed by atoms with Gasteiger partial charge in [-0.3, -0.25) is 0 Å². The number of hydrogen-bond acceptors (Lipinski definition) is 5. The third-order valence-electron chi connectivity index (χ3n) is 2.98. The summed E-state index contributed by atoms with van der Waals surface area (Å²) in [5.74, 6) is -3.44. The number of aromatic nitrogens is 1. The summed E-state index contributed by atoms with van der Waals surface area (Å²) in [5.41, 5.74) is 2.68. The highest BCUT2D eigenvalue weighted by Crippen LogP contribution is 2.30. The van der Waals surface area contributed by atoms with Crippen LogP contribution >= 0.6 is 11.3 Å². The molecule has 1 aromatic heterocycles. The third-order valence-corrected chi connectivity index (χ3v) is 5.53. The molecule has 0 spiro atoms. The van der Waals surface area contributed by atoms with Gasteiger partial charge in [0.05, 0.1) is 27.8 Å². The number of nitrogens with zero attached hydrogens (tertiary/aromatic N) is 1. The Morgan fingerprint density at radius 3 is 2.52 bits per heavy atom. The zero-order chi connectivity index (χ0) is 15.6. The molecule has 0 radical (unpaired) electrons. The summed E-state index contributed by atoms with van der Waals surface area (Å²) in [5, 5.41) is 2.97. The lowest BCUT2D eigenvalue weighted by molar-refractivity contribution is 0.235. The second-order valence-electron chi connectivity index (χ2n) is 4.47. The fourth-order valence-electron chi connectivity index (χ4n) is 1.96. The van der Waals surface area contributed by atoms with E-state index in [4.69, 9.17) is 0 Å². The molecule has 1 heterocycles. The minimum absolute atomic E-state index is 0.165. The highest BCUT2D eigenvalue weighted by atomic mass is 32.2. The third kappa shape index (κ3) is 3.21. The maximum atomic E-state index is 12.7. The van der Waals surface area contributed by atoms with Crippen LogP contribution in [0, 0.1) is 6.92 Å². The molecule has 1 aromatic carbocycles. The lowest BCUT2D eigenvalue weighted by Crippen LogP contribution is -2.15. The number of thiazole rings is 1. The Morgan fingerprint density at radius 1 is 1.29 bits per heavy atom. The normalized spacial score (nSPS) is 13.4. The van der Waals surface area contributed by atoms with Crippen LogP contribution in [-0.2, 0) is 9.84 Å². The standard InChI is InChI=1S/C13H14F2N2O2S2/c1-8-12(20-7-16-8)9(2)17-10-5-3-4-6-11(10)21(18,19)13(14)15/h3-7,9,13,17H,1-2H3. The molecule has 2 rings (SSSR count). The van der Waals surface area contributed by atoms with Crippen molar-refractivity contribution in [2.24, 2.45) is 0 Å². The lowest BCUT2D eigenvalue weighted by Gasteiger charge is -2.17. The molecule has 1 atom stereocenters. The first-order valence-corrected chi connectivity index (χ1v) is 8.54. The largest absolute Gasteiger partial charge is 0.377 e. The zero-order valence-electron chi connectivity index (χ0n) is 11.4. The van der Waals surface area contributed by atoms with Gasteiger partial charge >= 0.3 is 5.76 Å². The SMILES string of the molecule is Cc1ncsc1C(C)Nc1ccccc1S(=O)(=O)C(F)F. The second-order valence-corrected chi connectivity index (χ2v) is 7.24. The Kier molecular flexibility index (Phi) is 4.58. The van der Waals surface area contributed by atoms with Gasteiger partial charge in [0.25, 0.3) is 0 Å². The van der Waals surface area contributed by atoms with E-state index >= 15 is 0 Å². The topological polar surface area (TPSA) is 59.1 Å². The van der Waals surface area contributed by atoms with Gasteiger partial charge in [-0.25, -0.2) is 13.4 Å². The molecule has 0 saturated heterocycles. The number of anilines is 1. The van der Waals surface area contributed by atoms with Crippen LogP contribution in [0.15, 0.2) is 34.7 Å². The molecular formula is C13H14F2N2O2S2. The van der Waals surface area contributed by atoms with Crippen molar-refractivity contribution in [2.75, 3.05) is 5.32 Å². The monoisotopic (exact) mass is 332 g/mol. The summed E-state index contributed by atoms with van der Waals surface area (Å²) in [6.07, 6.45) is 0. The van der Waals surface area contributed by atoms with Crippen LogP contribution in [0.2, 0.25) is 0 Å². The number of alkyl halides is 2. The molecule has 0 amide bonds. The fourth-order valence-corrected chi connectivity index (χ4v) is 3.66. The molecular weight excluding hydrogens is 318 g/mol. The summed E-state index contributed by atoms with van der Waals surface area (Å²) >= 11 is 1.43. The first kappa shape index (κ1) is 15.8. The van der Waals surface area contributed by atoms with E-state index in [9.17, 15) is 17.2 Å². The van der Waals surface area contributed by atoms with Crippen LogP contribution in [0.4, 0.5) is 14.5 Å². The summed E-state index contributed by atoms with van der Waals surface area (Å²) < 4.78 is 48.8. The predicted octanol–water partition coefficient (Wildman–Crippen LogP) is 3.62. The zero-order valence-corrected chi connectivity index (χ0v) is 13.0. The molecule has 4 nitrogen and oxygen atoms in total. The average Bonchev–Trinajstić information content (AvgIpc) is 2.85. The van der Waals surface area contributed by atoms with Gasteiger partial charge in [0.1, 0.15) is 0 Å². The molecule has 0 aliphatic rings. The Hall–Kier alpha value is -1.54. The van der Waals surface area contributed by atoms with Gasteiger partial charge in [-0.2, -0.15) is 8.78 Å². The number of benzene rings is 1. The maximum Gasteiger partial charge on any atom is 0.341 e. The second kappa shape index (κ2) is 6.07. The Labute approximate surface area is 125 Å². The number of para-hydroxylation sites is 1. The van der Waals surface area contributed by atoms with E-state index in [1.165, 1.54) is 29.5 Å². The van der Waals surface area contributed by atoms with E-state index in [1.807, 2.05) is 13.8 Å². The smallest absolute Gasteiger partial charge is 0.341 e. The molecule has 114 valence electrons. The number of sulfone groups is 1. The van der Waals surface area contributed by atoms with E-state index in [1.54, 1.807) is 11.6 Å². The van der Waals surface area contributed by atoms with E-state index in [0.717, 1.165) is 10.6 Å². The molecule has 1 unspecified atom stereocenters. The summed E-state index contributed by atoms with van der Waals surface area (Å²) in [6.45, 7) is 3.66. The van der Waals surface area contributed by atoms with Crippen molar-refractivity contribution in [1.29, 1.82) is 0 Å². The molecule has 0 aliphatic carbocycles. The number of nitrogens with one attached hydrogen (secondary N) is 1. The van der Waals surface area contributed by atoms with E-state index < -0.39 is 20.5 Å². The van der Waals surface area contributed by atoms with Crippen molar-refractivity contribution in [3.63, 3.8) is 0 Å². The summed E-state index contributed by atoms with van der Waals surface area (Å²) in [6, 6.07) is 5.44. The minimum Gasteiger partial charge on any atom is -0.377 e. The van der Waals surface area contributed by atoms with Crippen molar-refractivity contribution in [2.45, 2.75) is 30.5 Å². The van der Waals surface area contributed by atoms with Gasteiger partial charge in [-0.05, 0) is 26.0 Å². The van der Waals surface area contributed by atoms with E-state index in [-0.39, 0.29) is 11.7 Å². The van der Waals surface area contributed by atoms with Crippen LogP contribution in [0.3, 0.4) is 0 Å². The Bertz CT molecular complexity index is 729. The molecule has 2 aromatic rings. The fraction of sp³-hybridized carbons (Fsp3) is 0.308. The number of halogens is 2. The predicted molar refractivity (Wildman–Crippen MR) is 78.5 cm³/mol. The average molecular weight is 332 g/mol. The van der Waals surface area contributed by atoms with Crippen molar-refractivity contribution in [1.82, 2.24) is 4.98 Å². The lowest BCUT2D eigenvalue weighted by atomic mass is 10.2. The molecule has 0 fully saturated rings. The molecule has 21 heavy (non-hydrogen) atoms. The number of rotatable bonds is 5. The van der Waals surface area contributed by atoms with Gasteiger partial charge in [-0.1, -0.05) is 12.1 Å². The first-order valence-electron chi connectivity index (χ1n) is 6.11. The number of aryl methyl sites for hydroxylation is 1. The van der Waals surface area contributed by atoms with Crippen molar-refractivity contribution >= 4 is 26.9 Å². The highest BCUT2D eigenvalue weighted by Gasteiger charge is 2.29. The van der Waals surface area contributed by atoms with Crippen LogP contribution in [-0.4, -0.2) is 19.2 Å². The van der Waals surface area contributed by atoms with E-state index in [2.05, 4.69) is 10.3 Å². The molecule has 8 heteroatoms. The van der Waals surface area contributed by atoms with Gasteiger partial charge in [0.15, 0.2) is 0 Å². The van der Waals surface area contributed by atoms with Gasteiger partial charge in [0.2, 0.25) is 9.84 Å². The van der Waals surface area contributed by atoms with Crippen molar-refractivity contribution in [3.05, 3.63) is 40.3 Å². The van der Waals surface area contributed by atoms with Gasteiger partial charge < -0.3 is 5.32 Å². The van der Waals surface area contributed by atoms with Gasteiger partial charge in [-0.15, -0.1) is 11.3 Å². The molecule has 0 bridgehead atoms. The Morgan fingerprint density at radius 2 is 1.95 bits per heavy atom.